The van der Waals surface area contributed by atoms with E-state index in [1.165, 1.54) is 11.3 Å². The zero-order chi connectivity index (χ0) is 13.9. The summed E-state index contributed by atoms with van der Waals surface area (Å²) in [6, 6.07) is 11.0. The molecule has 0 fully saturated rings. The highest BCUT2D eigenvalue weighted by molar-refractivity contribution is 7.84. The third-order valence-corrected chi connectivity index (χ3v) is 4.75. The van der Waals surface area contributed by atoms with E-state index < -0.39 is 16.4 Å². The van der Waals surface area contributed by atoms with Crippen molar-refractivity contribution in [3.05, 3.63) is 52.2 Å². The number of thiophene rings is 1. The molecule has 3 nitrogen and oxygen atoms in total. The summed E-state index contributed by atoms with van der Waals surface area (Å²) in [6.07, 6.45) is 1.60. The Labute approximate surface area is 119 Å². The molecule has 2 atom stereocenters. The van der Waals surface area contributed by atoms with Gasteiger partial charge in [-0.2, -0.15) is 0 Å². The Hall–Kier alpha value is -1.17. The Balaban J connectivity index is 2.44. The van der Waals surface area contributed by atoms with Crippen LogP contribution in [0.3, 0.4) is 0 Å². The molecule has 19 heavy (non-hydrogen) atoms. The van der Waals surface area contributed by atoms with Gasteiger partial charge in [-0.25, -0.2) is 0 Å². The van der Waals surface area contributed by atoms with Gasteiger partial charge in [-0.05, 0) is 29.1 Å². The van der Waals surface area contributed by atoms with E-state index in [1.807, 2.05) is 29.6 Å². The molecule has 0 radical (unpaired) electrons. The summed E-state index contributed by atoms with van der Waals surface area (Å²) < 4.78 is 16.7. The van der Waals surface area contributed by atoms with Crippen LogP contribution in [0.2, 0.25) is 0 Å². The molecule has 0 spiro atoms. The van der Waals surface area contributed by atoms with Gasteiger partial charge in [-0.3, -0.25) is 4.21 Å². The van der Waals surface area contributed by atoms with E-state index in [9.17, 15) is 9.32 Å². The molecular formula is C14H16O3S2. The Bertz CT molecular complexity index is 549. The first-order chi connectivity index (χ1) is 9.06. The molecule has 1 heterocycles. The van der Waals surface area contributed by atoms with Crippen LogP contribution >= 0.6 is 11.3 Å². The topological polar surface area (TPSA) is 46.5 Å². The van der Waals surface area contributed by atoms with Crippen molar-refractivity contribution in [2.24, 2.45) is 0 Å². The lowest BCUT2D eigenvalue weighted by Gasteiger charge is -2.26. The molecule has 2 rings (SSSR count). The van der Waals surface area contributed by atoms with Crippen LogP contribution in [0.25, 0.3) is 0 Å². The van der Waals surface area contributed by atoms with E-state index >= 15 is 0 Å². The second-order valence-corrected chi connectivity index (χ2v) is 6.67. The highest BCUT2D eigenvalue weighted by atomic mass is 32.2. The smallest absolute Gasteiger partial charge is 0.135 e. The van der Waals surface area contributed by atoms with Gasteiger partial charge in [0.2, 0.25) is 0 Å². The summed E-state index contributed by atoms with van der Waals surface area (Å²) in [7, 11) is 0.497. The number of methoxy groups -OCH3 is 1. The lowest BCUT2D eigenvalue weighted by Crippen LogP contribution is -2.32. The summed E-state index contributed by atoms with van der Waals surface area (Å²) in [5, 5.41) is 12.9. The summed E-state index contributed by atoms with van der Waals surface area (Å²) in [4.78, 5) is 0.799. The second-order valence-electron chi connectivity index (χ2n) is 4.28. The van der Waals surface area contributed by atoms with Crippen molar-refractivity contribution in [3.8, 4) is 5.75 Å². The van der Waals surface area contributed by atoms with Crippen LogP contribution in [0, 0.1) is 0 Å². The monoisotopic (exact) mass is 296 g/mol. The molecule has 0 bridgehead atoms. The van der Waals surface area contributed by atoms with Crippen molar-refractivity contribution < 1.29 is 14.1 Å². The van der Waals surface area contributed by atoms with Crippen molar-refractivity contribution >= 4 is 22.1 Å². The molecule has 2 aromatic rings. The molecule has 5 heteroatoms. The maximum absolute atomic E-state index is 11.6. The summed E-state index contributed by atoms with van der Waals surface area (Å²) in [6.45, 7) is 0. The normalized spacial score (nSPS) is 15.7. The predicted octanol–water partition coefficient (Wildman–Crippen LogP) is 2.37. The average Bonchev–Trinajstić information content (AvgIpc) is 2.92. The fraction of sp³-hybridized carbons (Fsp3) is 0.286. The van der Waals surface area contributed by atoms with Gasteiger partial charge in [0.05, 0.1) is 12.9 Å². The number of hydrogen-bond acceptors (Lipinski definition) is 4. The fourth-order valence-electron chi connectivity index (χ4n) is 1.97. The summed E-state index contributed by atoms with van der Waals surface area (Å²) in [5.41, 5.74) is -0.481. The minimum Gasteiger partial charge on any atom is -0.497 e. The van der Waals surface area contributed by atoms with Gasteiger partial charge < -0.3 is 9.84 Å². The van der Waals surface area contributed by atoms with Gasteiger partial charge >= 0.3 is 0 Å². The maximum Gasteiger partial charge on any atom is 0.135 e. The Morgan fingerprint density at radius 3 is 2.47 bits per heavy atom. The predicted molar refractivity (Wildman–Crippen MR) is 79.2 cm³/mol. The Morgan fingerprint density at radius 1 is 1.32 bits per heavy atom. The molecule has 0 saturated heterocycles. The molecular weight excluding hydrogens is 280 g/mol. The van der Waals surface area contributed by atoms with E-state index in [0.717, 1.165) is 16.2 Å². The number of ether oxygens (including phenoxy) is 1. The minimum atomic E-state index is -1.21. The molecule has 1 aromatic heterocycles. The average molecular weight is 296 g/mol. The van der Waals surface area contributed by atoms with Crippen LogP contribution in [0.4, 0.5) is 0 Å². The standard InChI is InChI=1S/C14H16O3S2/c1-17-12-7-5-11(6-8-12)14(15,10-19(2)16)13-4-3-9-18-13/h3-9,15H,10H2,1-2H3/t14-,19+/m0/s1. The fourth-order valence-corrected chi connectivity index (χ4v) is 3.82. The first kappa shape index (κ1) is 14.2. The molecule has 0 saturated carbocycles. The number of hydrogen-bond donors (Lipinski definition) is 1. The van der Waals surface area contributed by atoms with Gasteiger partial charge in [0, 0.05) is 21.9 Å². The number of rotatable bonds is 5. The third-order valence-electron chi connectivity index (χ3n) is 2.91. The van der Waals surface area contributed by atoms with Crippen LogP contribution in [0.1, 0.15) is 10.4 Å². The van der Waals surface area contributed by atoms with Crippen molar-refractivity contribution in [1.29, 1.82) is 0 Å². The van der Waals surface area contributed by atoms with Gasteiger partial charge in [-0.15, -0.1) is 11.3 Å². The summed E-state index contributed by atoms with van der Waals surface area (Å²) >= 11 is 1.46. The quantitative estimate of drug-likeness (QED) is 0.921. The molecule has 0 aliphatic rings. The van der Waals surface area contributed by atoms with Gasteiger partial charge in [0.1, 0.15) is 11.4 Å². The Kier molecular flexibility index (Phi) is 4.39. The van der Waals surface area contributed by atoms with Gasteiger partial charge in [-0.1, -0.05) is 18.2 Å². The van der Waals surface area contributed by atoms with Crippen molar-refractivity contribution in [2.75, 3.05) is 19.1 Å². The lowest BCUT2D eigenvalue weighted by molar-refractivity contribution is 0.110. The maximum atomic E-state index is 11.6. The van der Waals surface area contributed by atoms with E-state index in [4.69, 9.17) is 4.74 Å². The number of aliphatic hydroxyl groups is 1. The van der Waals surface area contributed by atoms with Crippen molar-refractivity contribution in [3.63, 3.8) is 0 Å². The zero-order valence-corrected chi connectivity index (χ0v) is 12.5. The first-order valence-corrected chi connectivity index (χ1v) is 8.38. The van der Waals surface area contributed by atoms with Crippen molar-refractivity contribution in [1.82, 2.24) is 0 Å². The lowest BCUT2D eigenvalue weighted by atomic mass is 9.94. The molecule has 0 amide bonds. The largest absolute Gasteiger partial charge is 0.497 e. The first-order valence-electron chi connectivity index (χ1n) is 5.77. The SMILES string of the molecule is COc1ccc([C@@](O)(C[S@@](C)=O)c2cccs2)cc1. The second kappa shape index (κ2) is 5.86. The van der Waals surface area contributed by atoms with Crippen LogP contribution in [-0.2, 0) is 16.4 Å². The summed E-state index contributed by atoms with van der Waals surface area (Å²) in [5.74, 6) is 0.912. The molecule has 0 unspecified atom stereocenters. The molecule has 1 N–H and O–H groups in total. The van der Waals surface area contributed by atoms with Crippen LogP contribution in [0.15, 0.2) is 41.8 Å². The third kappa shape index (κ3) is 3.05. The molecule has 102 valence electrons. The van der Waals surface area contributed by atoms with Gasteiger partial charge in [0.15, 0.2) is 0 Å². The Morgan fingerprint density at radius 2 is 2.00 bits per heavy atom. The molecule has 0 aliphatic carbocycles. The molecule has 1 aromatic carbocycles. The number of benzene rings is 1. The van der Waals surface area contributed by atoms with Gasteiger partial charge in [0.25, 0.3) is 0 Å². The van der Waals surface area contributed by atoms with Crippen LogP contribution in [-0.4, -0.2) is 28.4 Å². The van der Waals surface area contributed by atoms with E-state index in [1.54, 1.807) is 25.5 Å². The van der Waals surface area contributed by atoms with E-state index in [0.29, 0.717) is 0 Å². The van der Waals surface area contributed by atoms with Crippen molar-refractivity contribution in [2.45, 2.75) is 5.60 Å². The molecule has 0 aliphatic heterocycles. The van der Waals surface area contributed by atoms with E-state index in [-0.39, 0.29) is 5.75 Å². The minimum absolute atomic E-state index is 0.180. The van der Waals surface area contributed by atoms with Crippen LogP contribution in [0.5, 0.6) is 5.75 Å². The zero-order valence-electron chi connectivity index (χ0n) is 10.8. The van der Waals surface area contributed by atoms with Crippen LogP contribution < -0.4 is 4.74 Å². The highest BCUT2D eigenvalue weighted by Gasteiger charge is 2.33. The van der Waals surface area contributed by atoms with E-state index in [2.05, 4.69) is 0 Å². The highest BCUT2D eigenvalue weighted by Crippen LogP contribution is 2.34.